The quantitative estimate of drug-likeness (QED) is 0.0418. The Kier molecular flexibility index (Phi) is 37.2. The molecule has 316 valence electrons. The number of halogens is 1. The smallest absolute Gasteiger partial charge is 0.374 e. The van der Waals surface area contributed by atoms with Crippen molar-refractivity contribution in [3.05, 3.63) is 55.3 Å². The number of likely N-dealkylation sites (tertiary alicyclic amines) is 1. The van der Waals surface area contributed by atoms with Gasteiger partial charge in [0, 0.05) is 43.2 Å². The molecule has 0 bridgehead atoms. The number of carbonyl (C=O) groups is 3. The number of allylic oxidation sites excluding steroid dienone is 2. The molecule has 2 heterocycles. The fourth-order valence-electron chi connectivity index (χ4n) is 6.31. The standard InChI is InChI=1S/C16H19NO6.C12H23N.C9H17FO.C4H6.CH5N.CH4S/c1-20-7-8-21-5-2-6-22-16(19)15-10-12-9-13(17-11-18)3-4-14(12)23-15;1-10-12(8-9-13(10)2)11-6-4-3-5-7-11;1-2-9(8-11)6-4-3-5-7-10;1-3-4-2;2*1-2/h3-4,9-11H,2,5-8H2,1H3,(H,17,18);10-12H,3-9H2,1-2H3;8-9H,2-7H2,1H3;3-4H,1-2H2;2H2,1H3;2H,1H3. The highest BCUT2D eigenvalue weighted by Gasteiger charge is 2.34. The Hall–Kier alpha value is -3.03. The first-order valence-electron chi connectivity index (χ1n) is 19.7. The molecule has 0 radical (unpaired) electrons. The van der Waals surface area contributed by atoms with Gasteiger partial charge in [0.05, 0.1) is 26.5 Å². The Balaban J connectivity index is 0. The number of ether oxygens (including phenoxy) is 3. The zero-order chi connectivity index (χ0) is 41.7. The van der Waals surface area contributed by atoms with E-state index in [4.69, 9.17) is 18.6 Å². The largest absolute Gasteiger partial charge is 0.460 e. The van der Waals surface area contributed by atoms with Crippen molar-refractivity contribution in [3.8, 4) is 0 Å². The van der Waals surface area contributed by atoms with Gasteiger partial charge in [0.2, 0.25) is 12.2 Å². The second-order valence-corrected chi connectivity index (χ2v) is 13.1. The topological polar surface area (TPSA) is 133 Å². The molecule has 3 unspecified atom stereocenters. The lowest BCUT2D eigenvalue weighted by atomic mass is 9.77. The second kappa shape index (κ2) is 37.9. The van der Waals surface area contributed by atoms with Crippen molar-refractivity contribution in [3.63, 3.8) is 0 Å². The van der Waals surface area contributed by atoms with Crippen LogP contribution < -0.4 is 11.1 Å². The minimum atomic E-state index is -0.525. The van der Waals surface area contributed by atoms with Gasteiger partial charge in [0.1, 0.15) is 11.9 Å². The normalized spacial score (nSPS) is 16.7. The van der Waals surface area contributed by atoms with Gasteiger partial charge in [-0.25, -0.2) is 4.79 Å². The minimum absolute atomic E-state index is 0.128. The van der Waals surface area contributed by atoms with Gasteiger partial charge in [-0.1, -0.05) is 77.2 Å². The number of unbranched alkanes of at least 4 members (excludes halogenated alkanes) is 2. The zero-order valence-electron chi connectivity index (χ0n) is 34.8. The molecule has 1 aromatic carbocycles. The first-order valence-corrected chi connectivity index (χ1v) is 20.6. The molecular weight excluding hydrogens is 722 g/mol. The number of furan rings is 1. The van der Waals surface area contributed by atoms with Crippen molar-refractivity contribution >= 4 is 48.0 Å². The number of nitrogens with two attached hydrogens (primary N) is 1. The monoisotopic (exact) mass is 796 g/mol. The van der Waals surface area contributed by atoms with Crippen molar-refractivity contribution in [2.75, 3.05) is 72.4 Å². The summed E-state index contributed by atoms with van der Waals surface area (Å²) < 4.78 is 32.3. The lowest BCUT2D eigenvalue weighted by molar-refractivity contribution is -0.111. The summed E-state index contributed by atoms with van der Waals surface area (Å²) in [5.41, 5.74) is 5.68. The van der Waals surface area contributed by atoms with E-state index in [-0.39, 0.29) is 25.0 Å². The molecule has 2 aromatic rings. The van der Waals surface area contributed by atoms with Crippen LogP contribution in [0.3, 0.4) is 0 Å². The second-order valence-electron chi connectivity index (χ2n) is 13.1. The van der Waals surface area contributed by atoms with E-state index in [0.29, 0.717) is 55.7 Å². The Morgan fingerprint density at radius 2 is 1.71 bits per heavy atom. The number of thiol groups is 1. The number of benzene rings is 1. The lowest BCUT2D eigenvalue weighted by Crippen LogP contribution is -2.30. The van der Waals surface area contributed by atoms with E-state index in [2.05, 4.69) is 55.7 Å². The molecular formula is C43H74FN3O7S. The molecule has 1 saturated carbocycles. The number of rotatable bonds is 19. The molecule has 10 nitrogen and oxygen atoms in total. The predicted molar refractivity (Wildman–Crippen MR) is 230 cm³/mol. The molecule has 2 fully saturated rings. The summed E-state index contributed by atoms with van der Waals surface area (Å²) in [4.78, 5) is 35.2. The van der Waals surface area contributed by atoms with Crippen LogP contribution in [0.4, 0.5) is 10.1 Å². The SMILES string of the molecule is C=CC=C.CC1C(C2CCCCC2)CCN1C.CCC(C=O)CCCCCF.CN.COCCOCCCOC(=O)c1cc2cc(NC=O)ccc2o1.CS. The number of nitrogens with zero attached hydrogens (tertiary/aromatic N) is 1. The summed E-state index contributed by atoms with van der Waals surface area (Å²) in [6.45, 7) is 14.1. The number of esters is 1. The lowest BCUT2D eigenvalue weighted by Gasteiger charge is -2.31. The maximum absolute atomic E-state index is 11.9. The summed E-state index contributed by atoms with van der Waals surface area (Å²) in [5.74, 6) is 1.89. The van der Waals surface area contributed by atoms with Crippen LogP contribution in [0.15, 0.2) is 54.0 Å². The molecule has 2 aliphatic rings. The number of fused-ring (bicyclic) bond motifs is 1. The van der Waals surface area contributed by atoms with Crippen LogP contribution in [0, 0.1) is 17.8 Å². The molecule has 1 amide bonds. The van der Waals surface area contributed by atoms with Crippen molar-refractivity contribution < 1.29 is 37.4 Å². The average molecular weight is 796 g/mol. The molecule has 1 aliphatic heterocycles. The van der Waals surface area contributed by atoms with Crippen molar-refractivity contribution in [2.24, 2.45) is 23.5 Å². The van der Waals surface area contributed by atoms with Crippen LogP contribution in [-0.4, -0.2) is 96.7 Å². The first-order chi connectivity index (χ1) is 26.8. The number of anilines is 1. The van der Waals surface area contributed by atoms with Gasteiger partial charge in [-0.05, 0) is 95.6 Å². The summed E-state index contributed by atoms with van der Waals surface area (Å²) >= 11 is 3.53. The molecule has 3 N–H and O–H groups in total. The van der Waals surface area contributed by atoms with E-state index in [1.54, 1.807) is 49.8 Å². The number of nitrogens with one attached hydrogen (secondary N) is 1. The summed E-state index contributed by atoms with van der Waals surface area (Å²) in [5, 5.41) is 3.25. The Bertz CT molecular complexity index is 1240. The highest BCUT2D eigenvalue weighted by Crippen LogP contribution is 2.38. The average Bonchev–Trinajstić information content (AvgIpc) is 3.82. The molecule has 55 heavy (non-hydrogen) atoms. The van der Waals surface area contributed by atoms with Gasteiger partial charge in [-0.15, -0.1) is 0 Å². The van der Waals surface area contributed by atoms with Crippen LogP contribution >= 0.6 is 12.6 Å². The fourth-order valence-corrected chi connectivity index (χ4v) is 6.31. The molecule has 4 rings (SSSR count). The van der Waals surface area contributed by atoms with Crippen LogP contribution in [0.25, 0.3) is 11.0 Å². The molecule has 1 aromatic heterocycles. The van der Waals surface area contributed by atoms with E-state index >= 15 is 0 Å². The van der Waals surface area contributed by atoms with E-state index in [0.717, 1.165) is 49.8 Å². The number of methoxy groups -OCH3 is 1. The predicted octanol–water partition coefficient (Wildman–Crippen LogP) is 9.34. The van der Waals surface area contributed by atoms with Gasteiger partial charge in [-0.3, -0.25) is 9.18 Å². The number of alkyl halides is 1. The van der Waals surface area contributed by atoms with Crippen LogP contribution in [0.5, 0.6) is 0 Å². The Labute approximate surface area is 337 Å². The Morgan fingerprint density at radius 3 is 2.25 bits per heavy atom. The number of carbonyl (C=O) groups excluding carboxylic acids is 3. The Morgan fingerprint density at radius 1 is 1.02 bits per heavy atom. The molecule has 3 atom stereocenters. The number of hydrogen-bond acceptors (Lipinski definition) is 10. The van der Waals surface area contributed by atoms with Crippen LogP contribution in [0.2, 0.25) is 0 Å². The van der Waals surface area contributed by atoms with E-state index in [1.807, 2.05) is 6.92 Å². The van der Waals surface area contributed by atoms with Crippen molar-refractivity contribution in [1.29, 1.82) is 0 Å². The van der Waals surface area contributed by atoms with Gasteiger partial charge in [0.15, 0.2) is 0 Å². The van der Waals surface area contributed by atoms with E-state index in [9.17, 15) is 18.8 Å². The highest BCUT2D eigenvalue weighted by molar-refractivity contribution is 7.79. The third-order valence-corrected chi connectivity index (χ3v) is 9.52. The zero-order valence-corrected chi connectivity index (χ0v) is 35.7. The van der Waals surface area contributed by atoms with E-state index in [1.165, 1.54) is 52.1 Å². The van der Waals surface area contributed by atoms with Gasteiger partial charge in [-0.2, -0.15) is 12.6 Å². The summed E-state index contributed by atoms with van der Waals surface area (Å²) in [7, 11) is 5.39. The molecule has 12 heteroatoms. The number of hydrogen-bond donors (Lipinski definition) is 3. The highest BCUT2D eigenvalue weighted by atomic mass is 32.1. The molecule has 1 saturated heterocycles. The van der Waals surface area contributed by atoms with E-state index < -0.39 is 5.97 Å². The molecule has 1 aliphatic carbocycles. The first kappa shape index (κ1) is 54.1. The summed E-state index contributed by atoms with van der Waals surface area (Å²) in [6, 6.07) is 7.52. The van der Waals surface area contributed by atoms with Gasteiger partial charge >= 0.3 is 5.97 Å². The maximum Gasteiger partial charge on any atom is 0.374 e. The van der Waals surface area contributed by atoms with Crippen LogP contribution in [-0.2, 0) is 23.8 Å². The minimum Gasteiger partial charge on any atom is -0.460 e. The van der Waals surface area contributed by atoms with Crippen LogP contribution in [0.1, 0.15) is 101 Å². The third-order valence-electron chi connectivity index (χ3n) is 9.52. The van der Waals surface area contributed by atoms with Gasteiger partial charge in [0.25, 0.3) is 0 Å². The maximum atomic E-state index is 11.9. The fraction of sp³-hybridized carbons (Fsp3) is 0.651. The molecule has 0 spiro atoms. The number of amides is 1. The third kappa shape index (κ3) is 25.0. The number of aldehydes is 1. The van der Waals surface area contributed by atoms with Gasteiger partial charge < -0.3 is 39.4 Å². The van der Waals surface area contributed by atoms with Crippen molar-refractivity contribution in [2.45, 2.75) is 96.9 Å². The summed E-state index contributed by atoms with van der Waals surface area (Å²) in [6.07, 6.45) is 20.6. The van der Waals surface area contributed by atoms with Crippen molar-refractivity contribution in [1.82, 2.24) is 4.90 Å².